The number of phenolic OH excluding ortho intramolecular Hbond substituents is 1. The Kier molecular flexibility index (Phi) is 5.93. The monoisotopic (exact) mass is 202 g/mol. The van der Waals surface area contributed by atoms with Crippen molar-refractivity contribution >= 4 is 5.97 Å². The van der Waals surface area contributed by atoms with Crippen molar-refractivity contribution in [3.63, 3.8) is 0 Å². The zero-order valence-corrected chi connectivity index (χ0v) is 8.19. The van der Waals surface area contributed by atoms with E-state index in [0.29, 0.717) is 5.56 Å². The standard InChI is InChI=1S/C8H6O.C4H4O2/c1-2-7-5-3-4-6-8(7)9;1-2-3-4(5)6/h1,3-6,9H;1H3,(H,5,6). The van der Waals surface area contributed by atoms with Gasteiger partial charge in [0.2, 0.25) is 0 Å². The van der Waals surface area contributed by atoms with Crippen LogP contribution in [0.25, 0.3) is 0 Å². The van der Waals surface area contributed by atoms with Crippen molar-refractivity contribution in [2.24, 2.45) is 0 Å². The molecule has 0 fully saturated rings. The molecule has 1 aromatic carbocycles. The van der Waals surface area contributed by atoms with Gasteiger partial charge in [-0.25, -0.2) is 4.79 Å². The minimum atomic E-state index is -1.07. The third-order valence-corrected chi connectivity index (χ3v) is 1.29. The van der Waals surface area contributed by atoms with Gasteiger partial charge in [0.1, 0.15) is 5.75 Å². The first kappa shape index (κ1) is 12.6. The lowest BCUT2D eigenvalue weighted by molar-refractivity contribution is -0.130. The summed E-state index contributed by atoms with van der Waals surface area (Å²) in [5.74, 6) is 5.53. The summed E-state index contributed by atoms with van der Waals surface area (Å²) in [6, 6.07) is 6.77. The molecule has 0 saturated carbocycles. The molecule has 0 aliphatic heterocycles. The van der Waals surface area contributed by atoms with Gasteiger partial charge in [-0.05, 0) is 19.1 Å². The van der Waals surface area contributed by atoms with Crippen LogP contribution >= 0.6 is 0 Å². The molecule has 2 N–H and O–H groups in total. The highest BCUT2D eigenvalue weighted by atomic mass is 16.4. The molecule has 3 nitrogen and oxygen atoms in total. The lowest BCUT2D eigenvalue weighted by Gasteiger charge is -1.91. The topological polar surface area (TPSA) is 57.5 Å². The summed E-state index contributed by atoms with van der Waals surface area (Å²) in [5, 5.41) is 16.7. The van der Waals surface area contributed by atoms with Crippen LogP contribution in [-0.4, -0.2) is 16.2 Å². The number of para-hydroxylation sites is 1. The first-order chi connectivity index (χ1) is 7.11. The number of phenols is 1. The molecule has 0 unspecified atom stereocenters. The fraction of sp³-hybridized carbons (Fsp3) is 0.0833. The number of benzene rings is 1. The first-order valence-electron chi connectivity index (χ1n) is 4.02. The quantitative estimate of drug-likeness (QED) is 0.626. The van der Waals surface area contributed by atoms with E-state index in [0.717, 1.165) is 0 Å². The minimum absolute atomic E-state index is 0.167. The number of carboxylic acids is 1. The van der Waals surface area contributed by atoms with Crippen molar-refractivity contribution in [3.05, 3.63) is 29.8 Å². The fourth-order valence-electron chi connectivity index (χ4n) is 0.703. The molecule has 76 valence electrons. The Labute approximate surface area is 88.4 Å². The van der Waals surface area contributed by atoms with Crippen LogP contribution in [0.2, 0.25) is 0 Å². The summed E-state index contributed by atoms with van der Waals surface area (Å²) in [5.41, 5.74) is 0.539. The van der Waals surface area contributed by atoms with Crippen LogP contribution in [0.4, 0.5) is 0 Å². The fourth-order valence-corrected chi connectivity index (χ4v) is 0.703. The van der Waals surface area contributed by atoms with Gasteiger partial charge < -0.3 is 10.2 Å². The number of aliphatic carboxylic acids is 1. The van der Waals surface area contributed by atoms with Gasteiger partial charge in [0.25, 0.3) is 0 Å². The predicted molar refractivity (Wildman–Crippen MR) is 57.1 cm³/mol. The van der Waals surface area contributed by atoms with Gasteiger partial charge in [-0.1, -0.05) is 24.0 Å². The van der Waals surface area contributed by atoms with Crippen LogP contribution in [0.3, 0.4) is 0 Å². The van der Waals surface area contributed by atoms with Gasteiger partial charge in [-0.3, -0.25) is 0 Å². The molecule has 0 atom stereocenters. The average molecular weight is 202 g/mol. The number of carboxylic acid groups (broad SMARTS) is 1. The van der Waals surface area contributed by atoms with Crippen LogP contribution in [0.1, 0.15) is 12.5 Å². The van der Waals surface area contributed by atoms with E-state index in [1.165, 1.54) is 6.92 Å². The Hall–Kier alpha value is -2.39. The number of aromatic hydroxyl groups is 1. The third kappa shape index (κ3) is 5.79. The molecular formula is C12H10O3. The second-order valence-electron chi connectivity index (χ2n) is 2.34. The largest absolute Gasteiger partial charge is 0.507 e. The van der Waals surface area contributed by atoms with Crippen molar-refractivity contribution in [1.29, 1.82) is 0 Å². The van der Waals surface area contributed by atoms with Crippen LogP contribution in [-0.2, 0) is 4.79 Å². The van der Waals surface area contributed by atoms with Crippen LogP contribution in [0, 0.1) is 24.2 Å². The van der Waals surface area contributed by atoms with Gasteiger partial charge in [0.15, 0.2) is 0 Å². The lowest BCUT2D eigenvalue weighted by atomic mass is 10.2. The van der Waals surface area contributed by atoms with E-state index >= 15 is 0 Å². The molecule has 0 spiro atoms. The van der Waals surface area contributed by atoms with Gasteiger partial charge >= 0.3 is 5.97 Å². The van der Waals surface area contributed by atoms with E-state index < -0.39 is 5.97 Å². The number of rotatable bonds is 0. The second-order valence-corrected chi connectivity index (χ2v) is 2.34. The molecule has 0 aromatic heterocycles. The Bertz CT molecular complexity index is 430. The Morgan fingerprint density at radius 2 is 2.00 bits per heavy atom. The van der Waals surface area contributed by atoms with Gasteiger partial charge in [-0.15, -0.1) is 6.42 Å². The molecule has 1 aromatic rings. The van der Waals surface area contributed by atoms with Crippen LogP contribution < -0.4 is 0 Å². The minimum Gasteiger partial charge on any atom is -0.507 e. The van der Waals surface area contributed by atoms with E-state index in [4.69, 9.17) is 16.6 Å². The van der Waals surface area contributed by atoms with E-state index in [-0.39, 0.29) is 5.75 Å². The molecule has 0 bridgehead atoms. The first-order valence-corrected chi connectivity index (χ1v) is 4.02. The second kappa shape index (κ2) is 7.06. The molecule has 0 aliphatic rings. The summed E-state index contributed by atoms with van der Waals surface area (Å²) < 4.78 is 0. The Balaban J connectivity index is 0.000000288. The summed E-state index contributed by atoms with van der Waals surface area (Å²) in [4.78, 5) is 9.43. The zero-order valence-electron chi connectivity index (χ0n) is 8.19. The van der Waals surface area contributed by atoms with E-state index in [2.05, 4.69) is 11.8 Å². The van der Waals surface area contributed by atoms with Crippen molar-refractivity contribution < 1.29 is 15.0 Å². The normalized spacial score (nSPS) is 7.20. The maximum absolute atomic E-state index is 9.43. The summed E-state index contributed by atoms with van der Waals surface area (Å²) >= 11 is 0. The highest BCUT2D eigenvalue weighted by molar-refractivity contribution is 5.86. The van der Waals surface area contributed by atoms with Crippen molar-refractivity contribution in [2.75, 3.05) is 0 Å². The number of terminal acetylenes is 1. The van der Waals surface area contributed by atoms with E-state index in [9.17, 15) is 4.79 Å². The lowest BCUT2D eigenvalue weighted by Crippen LogP contribution is -1.84. The summed E-state index contributed by atoms with van der Waals surface area (Å²) in [7, 11) is 0. The Morgan fingerprint density at radius 1 is 1.40 bits per heavy atom. The van der Waals surface area contributed by atoms with Crippen molar-refractivity contribution in [1.82, 2.24) is 0 Å². The van der Waals surface area contributed by atoms with Gasteiger partial charge in [-0.2, -0.15) is 0 Å². The number of hydrogen-bond donors (Lipinski definition) is 2. The molecule has 15 heavy (non-hydrogen) atoms. The summed E-state index contributed by atoms with van der Waals surface area (Å²) in [6.45, 7) is 1.48. The maximum atomic E-state index is 9.43. The van der Waals surface area contributed by atoms with Crippen LogP contribution in [0.5, 0.6) is 5.75 Å². The molecule has 0 radical (unpaired) electrons. The summed E-state index contributed by atoms with van der Waals surface area (Å²) in [6.07, 6.45) is 5.04. The molecule has 0 saturated heterocycles. The number of hydrogen-bond acceptors (Lipinski definition) is 2. The number of carbonyl (C=O) groups is 1. The van der Waals surface area contributed by atoms with Crippen molar-refractivity contribution in [2.45, 2.75) is 6.92 Å². The molecule has 0 aliphatic carbocycles. The molecule has 0 amide bonds. The smallest absolute Gasteiger partial charge is 0.381 e. The molecule has 3 heteroatoms. The molecular weight excluding hydrogens is 192 g/mol. The average Bonchev–Trinajstić information content (AvgIpc) is 2.19. The van der Waals surface area contributed by atoms with Crippen molar-refractivity contribution in [3.8, 4) is 29.9 Å². The van der Waals surface area contributed by atoms with Gasteiger partial charge in [0.05, 0.1) is 5.56 Å². The zero-order chi connectivity index (χ0) is 11.7. The Morgan fingerprint density at radius 3 is 2.27 bits per heavy atom. The highest BCUT2D eigenvalue weighted by Crippen LogP contribution is 2.12. The predicted octanol–water partition coefficient (Wildman–Crippen LogP) is 1.47. The van der Waals surface area contributed by atoms with Crippen LogP contribution in [0.15, 0.2) is 24.3 Å². The third-order valence-electron chi connectivity index (χ3n) is 1.29. The highest BCUT2D eigenvalue weighted by Gasteiger charge is 1.90. The van der Waals surface area contributed by atoms with Gasteiger partial charge in [0, 0.05) is 5.92 Å². The van der Waals surface area contributed by atoms with E-state index in [1.807, 2.05) is 5.92 Å². The molecule has 0 heterocycles. The SMILES string of the molecule is C#Cc1ccccc1O.CC#CC(=O)O. The van der Waals surface area contributed by atoms with E-state index in [1.54, 1.807) is 24.3 Å². The molecule has 1 rings (SSSR count). The maximum Gasteiger partial charge on any atom is 0.381 e.